The molecule has 1 N–H and O–H groups in total. The zero-order valence-corrected chi connectivity index (χ0v) is 13.3. The minimum atomic E-state index is -0.242. The van der Waals surface area contributed by atoms with E-state index >= 15 is 0 Å². The van der Waals surface area contributed by atoms with Gasteiger partial charge in [0.05, 0.1) is 0 Å². The normalized spacial score (nSPS) is 18.2. The second kappa shape index (κ2) is 5.76. The van der Waals surface area contributed by atoms with Gasteiger partial charge in [-0.05, 0) is 33.6 Å². The highest BCUT2D eigenvalue weighted by Gasteiger charge is 2.33. The summed E-state index contributed by atoms with van der Waals surface area (Å²) in [6, 6.07) is 0. The van der Waals surface area contributed by atoms with Crippen molar-refractivity contribution in [1.82, 2.24) is 9.55 Å². The fourth-order valence-electron chi connectivity index (χ4n) is 2.81. The zero-order chi connectivity index (χ0) is 14.8. The Morgan fingerprint density at radius 3 is 2.60 bits per heavy atom. The van der Waals surface area contributed by atoms with Crippen LogP contribution in [0.2, 0.25) is 0 Å². The first-order valence-corrected chi connectivity index (χ1v) is 7.79. The van der Waals surface area contributed by atoms with Crippen molar-refractivity contribution in [3.05, 3.63) is 22.7 Å². The molecule has 0 unspecified atom stereocenters. The highest BCUT2D eigenvalue weighted by atomic mass is 35.5. The fraction of sp³-hybridized carbons (Fsp3) is 0.733. The molecule has 0 amide bonds. The van der Waals surface area contributed by atoms with E-state index in [1.165, 1.54) is 12.8 Å². The molecule has 0 bridgehead atoms. The predicted molar refractivity (Wildman–Crippen MR) is 83.6 cm³/mol. The molecule has 2 rings (SSSR count). The molecule has 20 heavy (non-hydrogen) atoms. The summed E-state index contributed by atoms with van der Waals surface area (Å²) in [4.78, 5) is 16.6. The lowest BCUT2D eigenvalue weighted by Gasteiger charge is -2.27. The van der Waals surface area contributed by atoms with E-state index in [1.807, 2.05) is 20.8 Å². The summed E-state index contributed by atoms with van der Waals surface area (Å²) >= 11 is 6.13. The van der Waals surface area contributed by atoms with Gasteiger partial charge >= 0.3 is 0 Å². The average Bonchev–Trinajstić information content (AvgIpc) is 2.85. The van der Waals surface area contributed by atoms with Gasteiger partial charge in [-0.25, -0.2) is 4.98 Å². The van der Waals surface area contributed by atoms with Crippen LogP contribution in [0.15, 0.2) is 17.2 Å². The van der Waals surface area contributed by atoms with Gasteiger partial charge in [0.15, 0.2) is 5.82 Å². The minimum Gasteiger partial charge on any atom is -0.365 e. The van der Waals surface area contributed by atoms with Crippen molar-refractivity contribution in [2.45, 2.75) is 52.0 Å². The first-order valence-electron chi connectivity index (χ1n) is 7.26. The maximum Gasteiger partial charge on any atom is 0.293 e. The Labute approximate surface area is 125 Å². The predicted octanol–water partition coefficient (Wildman–Crippen LogP) is 3.21. The number of anilines is 1. The minimum absolute atomic E-state index is 0.0669. The second-order valence-electron chi connectivity index (χ2n) is 6.82. The molecule has 1 aliphatic carbocycles. The molecular formula is C15H24ClN3O. The Morgan fingerprint density at radius 2 is 2.05 bits per heavy atom. The van der Waals surface area contributed by atoms with Crippen molar-refractivity contribution in [2.75, 3.05) is 17.7 Å². The number of aromatic nitrogens is 2. The van der Waals surface area contributed by atoms with Crippen LogP contribution in [0.25, 0.3) is 0 Å². The largest absolute Gasteiger partial charge is 0.365 e. The lowest BCUT2D eigenvalue weighted by molar-refractivity contribution is 0.365. The molecule has 0 atom stereocenters. The monoisotopic (exact) mass is 297 g/mol. The molecule has 112 valence electrons. The van der Waals surface area contributed by atoms with E-state index in [4.69, 9.17) is 11.6 Å². The summed E-state index contributed by atoms with van der Waals surface area (Å²) in [5, 5.41) is 3.23. The topological polar surface area (TPSA) is 46.9 Å². The maximum atomic E-state index is 12.4. The van der Waals surface area contributed by atoms with Gasteiger partial charge in [-0.2, -0.15) is 0 Å². The van der Waals surface area contributed by atoms with Gasteiger partial charge in [0.2, 0.25) is 0 Å². The molecular weight excluding hydrogens is 274 g/mol. The van der Waals surface area contributed by atoms with Crippen molar-refractivity contribution in [1.29, 1.82) is 0 Å². The van der Waals surface area contributed by atoms with Crippen LogP contribution in [0.4, 0.5) is 5.82 Å². The van der Waals surface area contributed by atoms with E-state index in [0.29, 0.717) is 11.7 Å². The quantitative estimate of drug-likeness (QED) is 0.868. The summed E-state index contributed by atoms with van der Waals surface area (Å²) in [5.74, 6) is 1.07. The molecule has 1 fully saturated rings. The Kier molecular flexibility index (Phi) is 4.43. The van der Waals surface area contributed by atoms with Gasteiger partial charge in [0.25, 0.3) is 5.56 Å². The van der Waals surface area contributed by atoms with Gasteiger partial charge in [0, 0.05) is 35.8 Å². The first kappa shape index (κ1) is 15.4. The highest BCUT2D eigenvalue weighted by Crippen LogP contribution is 2.38. The number of alkyl halides is 1. The van der Waals surface area contributed by atoms with Crippen LogP contribution >= 0.6 is 11.6 Å². The number of hydrogen-bond donors (Lipinski definition) is 1. The molecule has 1 aromatic rings. The van der Waals surface area contributed by atoms with Crippen molar-refractivity contribution in [3.8, 4) is 0 Å². The summed E-state index contributed by atoms with van der Waals surface area (Å²) < 4.78 is 1.71. The van der Waals surface area contributed by atoms with Crippen LogP contribution in [0, 0.1) is 5.41 Å². The second-order valence-corrected chi connectivity index (χ2v) is 7.08. The van der Waals surface area contributed by atoms with Crippen molar-refractivity contribution < 1.29 is 0 Å². The van der Waals surface area contributed by atoms with E-state index in [-0.39, 0.29) is 16.5 Å². The van der Waals surface area contributed by atoms with Gasteiger partial charge in [-0.15, -0.1) is 11.6 Å². The number of rotatable bonds is 4. The Morgan fingerprint density at radius 1 is 1.40 bits per heavy atom. The molecule has 1 heterocycles. The van der Waals surface area contributed by atoms with Crippen molar-refractivity contribution in [3.63, 3.8) is 0 Å². The van der Waals surface area contributed by atoms with Crippen LogP contribution < -0.4 is 10.9 Å². The average molecular weight is 298 g/mol. The fourth-order valence-corrected chi connectivity index (χ4v) is 3.18. The van der Waals surface area contributed by atoms with E-state index < -0.39 is 0 Å². The molecule has 0 radical (unpaired) electrons. The Bertz CT molecular complexity index is 513. The Balaban J connectivity index is 2.16. The van der Waals surface area contributed by atoms with E-state index in [2.05, 4.69) is 10.3 Å². The summed E-state index contributed by atoms with van der Waals surface area (Å²) in [6.45, 7) is 6.76. The molecule has 0 saturated heterocycles. The van der Waals surface area contributed by atoms with E-state index in [1.54, 1.807) is 17.0 Å². The lowest BCUT2D eigenvalue weighted by Crippen LogP contribution is -2.37. The molecule has 1 aliphatic rings. The number of hydrogen-bond acceptors (Lipinski definition) is 3. The van der Waals surface area contributed by atoms with Crippen molar-refractivity contribution >= 4 is 17.4 Å². The number of halogens is 1. The molecule has 0 aliphatic heterocycles. The lowest BCUT2D eigenvalue weighted by atomic mass is 9.88. The van der Waals surface area contributed by atoms with E-state index in [0.717, 1.165) is 19.4 Å². The molecule has 1 saturated carbocycles. The molecule has 1 aromatic heterocycles. The van der Waals surface area contributed by atoms with E-state index in [9.17, 15) is 4.79 Å². The molecule has 4 nitrogen and oxygen atoms in total. The molecule has 0 aromatic carbocycles. The van der Waals surface area contributed by atoms with Crippen molar-refractivity contribution in [2.24, 2.45) is 5.41 Å². The summed E-state index contributed by atoms with van der Waals surface area (Å²) in [6.07, 6.45) is 8.12. The first-order chi connectivity index (χ1) is 9.38. The summed E-state index contributed by atoms with van der Waals surface area (Å²) in [7, 11) is 0. The number of nitrogens with zero attached hydrogens (tertiary/aromatic N) is 2. The standard InChI is InChI=1S/C15H24ClN3O/c1-14(2,3)19-9-8-17-12(13(19)20)18-11-15(10-16)6-4-5-7-15/h8-9H,4-7,10-11H2,1-3H3,(H,17,18). The smallest absolute Gasteiger partial charge is 0.293 e. The zero-order valence-electron chi connectivity index (χ0n) is 12.6. The van der Waals surface area contributed by atoms with Gasteiger partial charge in [0.1, 0.15) is 0 Å². The maximum absolute atomic E-state index is 12.4. The van der Waals surface area contributed by atoms with Gasteiger partial charge in [-0.3, -0.25) is 4.79 Å². The SMILES string of the molecule is CC(C)(C)n1ccnc(NCC2(CCl)CCCC2)c1=O. The number of nitrogens with one attached hydrogen (secondary N) is 1. The Hall–Kier alpha value is -1.03. The van der Waals surface area contributed by atoms with Crippen LogP contribution in [0.5, 0.6) is 0 Å². The molecule has 0 spiro atoms. The van der Waals surface area contributed by atoms with Crippen LogP contribution in [0.1, 0.15) is 46.5 Å². The third-order valence-corrected chi connectivity index (χ3v) is 4.71. The molecule has 5 heteroatoms. The third kappa shape index (κ3) is 3.17. The van der Waals surface area contributed by atoms with Gasteiger partial charge in [-0.1, -0.05) is 12.8 Å². The van der Waals surface area contributed by atoms with Crippen LogP contribution in [0.3, 0.4) is 0 Å². The highest BCUT2D eigenvalue weighted by molar-refractivity contribution is 6.18. The van der Waals surface area contributed by atoms with Crippen LogP contribution in [-0.4, -0.2) is 22.0 Å². The summed E-state index contributed by atoms with van der Waals surface area (Å²) in [5.41, 5.74) is -0.186. The van der Waals surface area contributed by atoms with Gasteiger partial charge < -0.3 is 9.88 Å². The van der Waals surface area contributed by atoms with Crippen LogP contribution in [-0.2, 0) is 5.54 Å². The third-order valence-electron chi connectivity index (χ3n) is 4.14.